The van der Waals surface area contributed by atoms with Crippen molar-refractivity contribution in [2.45, 2.75) is 13.8 Å². The Hall–Kier alpha value is -3.51. The van der Waals surface area contributed by atoms with Gasteiger partial charge in [0.15, 0.2) is 0 Å². The Balaban J connectivity index is 1.30. The van der Waals surface area contributed by atoms with Crippen LogP contribution in [-0.4, -0.2) is 43.0 Å². The van der Waals surface area contributed by atoms with Crippen molar-refractivity contribution in [3.63, 3.8) is 0 Å². The molecule has 3 aromatic rings. The first-order valence-corrected chi connectivity index (χ1v) is 11.3. The lowest BCUT2D eigenvalue weighted by Crippen LogP contribution is -2.48. The Morgan fingerprint density at radius 2 is 1.42 bits per heavy atom. The molecule has 170 valence electrons. The van der Waals surface area contributed by atoms with Gasteiger partial charge in [0, 0.05) is 53.8 Å². The molecule has 0 saturated carbocycles. The van der Waals surface area contributed by atoms with Gasteiger partial charge in [0.25, 0.3) is 5.91 Å². The topological polar surface area (TPSA) is 64.7 Å². The average molecular weight is 463 g/mol. The van der Waals surface area contributed by atoms with E-state index in [1.807, 2.05) is 79.4 Å². The van der Waals surface area contributed by atoms with E-state index >= 15 is 0 Å². The molecule has 1 saturated heterocycles. The van der Waals surface area contributed by atoms with E-state index in [1.165, 1.54) is 0 Å². The van der Waals surface area contributed by atoms with Crippen LogP contribution in [0.15, 0.2) is 66.7 Å². The summed E-state index contributed by atoms with van der Waals surface area (Å²) in [4.78, 5) is 29.3. The maximum atomic E-state index is 12.8. The number of anilines is 3. The van der Waals surface area contributed by atoms with E-state index < -0.39 is 0 Å². The first kappa shape index (κ1) is 22.7. The van der Waals surface area contributed by atoms with Crippen LogP contribution in [0.3, 0.4) is 0 Å². The second-order valence-electron chi connectivity index (χ2n) is 8.18. The number of halogens is 1. The minimum atomic E-state index is -0.328. The number of nitrogens with zero attached hydrogens (tertiary/aromatic N) is 2. The van der Waals surface area contributed by atoms with Gasteiger partial charge in [0.05, 0.1) is 0 Å². The second kappa shape index (κ2) is 9.96. The minimum absolute atomic E-state index is 0.0909. The van der Waals surface area contributed by atoms with Gasteiger partial charge in [-0.1, -0.05) is 35.9 Å². The summed E-state index contributed by atoms with van der Waals surface area (Å²) in [5.74, 6) is 0.0909. The number of carbonyl (C=O) groups is 2. The molecule has 0 radical (unpaired) electrons. The summed E-state index contributed by atoms with van der Waals surface area (Å²) in [7, 11) is 0. The summed E-state index contributed by atoms with van der Waals surface area (Å²) in [6.45, 7) is 6.76. The van der Waals surface area contributed by atoms with Crippen molar-refractivity contribution >= 4 is 40.6 Å². The number of nitrogens with one attached hydrogen (secondary N) is 2. The van der Waals surface area contributed by atoms with Crippen LogP contribution in [0.1, 0.15) is 21.5 Å². The van der Waals surface area contributed by atoms with Gasteiger partial charge >= 0.3 is 6.03 Å². The molecule has 1 heterocycles. The molecule has 2 N–H and O–H groups in total. The number of benzene rings is 3. The van der Waals surface area contributed by atoms with Crippen molar-refractivity contribution in [2.75, 3.05) is 41.7 Å². The molecule has 0 spiro atoms. The van der Waals surface area contributed by atoms with Gasteiger partial charge in [0.2, 0.25) is 0 Å². The number of piperazine rings is 1. The zero-order valence-corrected chi connectivity index (χ0v) is 19.5. The molecule has 0 bridgehead atoms. The first-order chi connectivity index (χ1) is 15.9. The largest absolute Gasteiger partial charge is 0.368 e. The number of hydrogen-bond donors (Lipinski definition) is 2. The summed E-state index contributed by atoms with van der Waals surface area (Å²) in [5, 5.41) is 6.23. The minimum Gasteiger partial charge on any atom is -0.368 e. The van der Waals surface area contributed by atoms with Crippen LogP contribution in [0.2, 0.25) is 5.02 Å². The Morgan fingerprint density at radius 1 is 0.788 bits per heavy atom. The maximum absolute atomic E-state index is 12.8. The molecule has 0 atom stereocenters. The molecule has 0 aromatic heterocycles. The number of urea groups is 1. The Kier molecular flexibility index (Phi) is 6.84. The van der Waals surface area contributed by atoms with Crippen molar-refractivity contribution in [1.29, 1.82) is 0 Å². The van der Waals surface area contributed by atoms with Gasteiger partial charge < -0.3 is 20.4 Å². The van der Waals surface area contributed by atoms with Gasteiger partial charge in [-0.15, -0.1) is 0 Å². The van der Waals surface area contributed by atoms with E-state index in [2.05, 4.69) is 15.5 Å². The molecule has 3 aromatic carbocycles. The lowest BCUT2D eigenvalue weighted by atomic mass is 10.1. The van der Waals surface area contributed by atoms with E-state index in [4.69, 9.17) is 11.6 Å². The van der Waals surface area contributed by atoms with Crippen LogP contribution in [0.25, 0.3) is 0 Å². The normalized spacial score (nSPS) is 13.5. The molecule has 1 aliphatic heterocycles. The zero-order valence-electron chi connectivity index (χ0n) is 18.8. The summed E-state index contributed by atoms with van der Waals surface area (Å²) in [5.41, 5.74) is 5.13. The second-order valence-corrected chi connectivity index (χ2v) is 8.59. The van der Waals surface area contributed by atoms with Crippen LogP contribution in [-0.2, 0) is 0 Å². The van der Waals surface area contributed by atoms with E-state index in [-0.39, 0.29) is 11.9 Å². The zero-order chi connectivity index (χ0) is 23.4. The van der Waals surface area contributed by atoms with Crippen LogP contribution in [0.5, 0.6) is 0 Å². The van der Waals surface area contributed by atoms with Gasteiger partial charge in [-0.2, -0.15) is 0 Å². The van der Waals surface area contributed by atoms with Crippen LogP contribution >= 0.6 is 11.6 Å². The third-order valence-corrected chi connectivity index (χ3v) is 6.27. The fourth-order valence-electron chi connectivity index (χ4n) is 3.87. The molecule has 7 heteroatoms. The highest BCUT2D eigenvalue weighted by molar-refractivity contribution is 6.31. The van der Waals surface area contributed by atoms with Gasteiger partial charge in [0.1, 0.15) is 0 Å². The Bertz CT molecular complexity index is 1160. The standard InChI is InChI=1S/C26H27ClN4O2/c1-18-5-3-4-6-23(18)25(32)31-15-13-30(14-16-31)22-11-9-20(10-12-22)28-26(33)29-21-8-7-19(2)24(27)17-21/h3-12,17H,13-16H2,1-2H3,(H2,28,29,33). The SMILES string of the molecule is Cc1ccc(NC(=O)Nc2ccc(N3CCN(C(=O)c4ccccc4C)CC3)cc2)cc1Cl. The third-order valence-electron chi connectivity index (χ3n) is 5.86. The van der Waals surface area contributed by atoms with E-state index in [0.29, 0.717) is 29.5 Å². The first-order valence-electron chi connectivity index (χ1n) is 10.9. The number of carbonyl (C=O) groups excluding carboxylic acids is 2. The number of aryl methyl sites for hydroxylation is 2. The molecule has 1 aliphatic rings. The van der Waals surface area contributed by atoms with Crippen LogP contribution < -0.4 is 15.5 Å². The number of hydrogen-bond acceptors (Lipinski definition) is 3. The number of rotatable bonds is 4. The smallest absolute Gasteiger partial charge is 0.323 e. The molecule has 33 heavy (non-hydrogen) atoms. The highest BCUT2D eigenvalue weighted by Gasteiger charge is 2.23. The van der Waals surface area contributed by atoms with Crippen LogP contribution in [0.4, 0.5) is 21.9 Å². The molecule has 0 unspecified atom stereocenters. The molecule has 0 aliphatic carbocycles. The summed E-state index contributed by atoms with van der Waals surface area (Å²) >= 11 is 6.12. The summed E-state index contributed by atoms with van der Waals surface area (Å²) in [6, 6.07) is 20.5. The summed E-state index contributed by atoms with van der Waals surface area (Å²) in [6.07, 6.45) is 0. The molecular formula is C26H27ClN4O2. The fourth-order valence-corrected chi connectivity index (χ4v) is 4.05. The van der Waals surface area contributed by atoms with Crippen molar-refractivity contribution in [1.82, 2.24) is 4.90 Å². The van der Waals surface area contributed by atoms with Crippen LogP contribution in [0, 0.1) is 13.8 Å². The molecule has 4 rings (SSSR count). The molecule has 1 fully saturated rings. The molecule has 3 amide bonds. The third kappa shape index (κ3) is 5.46. The highest BCUT2D eigenvalue weighted by atomic mass is 35.5. The predicted molar refractivity (Wildman–Crippen MR) is 135 cm³/mol. The lowest BCUT2D eigenvalue weighted by molar-refractivity contribution is 0.0746. The molecule has 6 nitrogen and oxygen atoms in total. The van der Waals surface area contributed by atoms with E-state index in [9.17, 15) is 9.59 Å². The quantitative estimate of drug-likeness (QED) is 0.533. The predicted octanol–water partition coefficient (Wildman–Crippen LogP) is 5.56. The van der Waals surface area contributed by atoms with Gasteiger partial charge in [-0.3, -0.25) is 4.79 Å². The fraction of sp³-hybridized carbons (Fsp3) is 0.231. The van der Waals surface area contributed by atoms with Crippen molar-refractivity contribution in [3.8, 4) is 0 Å². The van der Waals surface area contributed by atoms with E-state index in [1.54, 1.807) is 6.07 Å². The highest BCUT2D eigenvalue weighted by Crippen LogP contribution is 2.22. The van der Waals surface area contributed by atoms with Gasteiger partial charge in [-0.25, -0.2) is 4.79 Å². The Morgan fingerprint density at radius 3 is 2.09 bits per heavy atom. The lowest BCUT2D eigenvalue weighted by Gasteiger charge is -2.36. The monoisotopic (exact) mass is 462 g/mol. The average Bonchev–Trinajstić information content (AvgIpc) is 2.82. The van der Waals surface area contributed by atoms with Crippen molar-refractivity contribution in [2.24, 2.45) is 0 Å². The maximum Gasteiger partial charge on any atom is 0.323 e. The number of amides is 3. The van der Waals surface area contributed by atoms with Crippen molar-refractivity contribution < 1.29 is 9.59 Å². The van der Waals surface area contributed by atoms with E-state index in [0.717, 1.165) is 35.5 Å². The summed E-state index contributed by atoms with van der Waals surface area (Å²) < 4.78 is 0. The van der Waals surface area contributed by atoms with Crippen molar-refractivity contribution in [3.05, 3.63) is 88.4 Å². The molecular weight excluding hydrogens is 436 g/mol. The Labute approximate surface area is 199 Å². The van der Waals surface area contributed by atoms with Gasteiger partial charge in [-0.05, 0) is 67.4 Å².